The number of hydrogen-bond donors (Lipinski definition) is 1. The van der Waals surface area contributed by atoms with E-state index in [9.17, 15) is 0 Å². The van der Waals surface area contributed by atoms with Gasteiger partial charge < -0.3 is 5.32 Å². The van der Waals surface area contributed by atoms with Crippen LogP contribution >= 0.6 is 0 Å². The summed E-state index contributed by atoms with van der Waals surface area (Å²) in [6, 6.07) is 0. The molecule has 1 rings (SSSR count). The topological polar surface area (TPSA) is 42.7 Å². The molecule has 16 heavy (non-hydrogen) atoms. The minimum atomic E-state index is 0.486. The summed E-state index contributed by atoms with van der Waals surface area (Å²) in [5.74, 6) is 0.486. The third kappa shape index (κ3) is 3.30. The molecule has 0 amide bonds. The number of nitrogens with one attached hydrogen (secondary N) is 1. The smallest absolute Gasteiger partial charge is 0.0999 e. The van der Waals surface area contributed by atoms with Crippen molar-refractivity contribution in [1.82, 2.24) is 20.3 Å². The molecule has 0 unspecified atom stereocenters. The Balaban J connectivity index is 2.74. The molecule has 0 saturated heterocycles. The van der Waals surface area contributed by atoms with E-state index in [2.05, 4.69) is 41.1 Å². The van der Waals surface area contributed by atoms with Gasteiger partial charge in [0, 0.05) is 13.1 Å². The van der Waals surface area contributed by atoms with Gasteiger partial charge in [0.15, 0.2) is 0 Å². The third-order valence-electron chi connectivity index (χ3n) is 2.71. The SMILES string of the molecule is CCCCCn1nnc(CNC)c1C(C)C. The summed E-state index contributed by atoms with van der Waals surface area (Å²) in [6.45, 7) is 8.43. The van der Waals surface area contributed by atoms with Crippen molar-refractivity contribution in [2.24, 2.45) is 0 Å². The molecule has 0 aliphatic carbocycles. The molecule has 0 atom stereocenters. The van der Waals surface area contributed by atoms with Crippen LogP contribution in [0.4, 0.5) is 0 Å². The summed E-state index contributed by atoms with van der Waals surface area (Å²) < 4.78 is 2.08. The number of aromatic nitrogens is 3. The zero-order valence-corrected chi connectivity index (χ0v) is 11.0. The molecule has 0 radical (unpaired) electrons. The van der Waals surface area contributed by atoms with Crippen molar-refractivity contribution < 1.29 is 0 Å². The zero-order valence-electron chi connectivity index (χ0n) is 11.0. The van der Waals surface area contributed by atoms with Crippen molar-refractivity contribution >= 4 is 0 Å². The molecule has 1 heterocycles. The Morgan fingerprint density at radius 1 is 1.31 bits per heavy atom. The molecule has 1 aromatic rings. The summed E-state index contributed by atoms with van der Waals surface area (Å²) >= 11 is 0. The lowest BCUT2D eigenvalue weighted by Crippen LogP contribution is -2.11. The van der Waals surface area contributed by atoms with E-state index in [1.54, 1.807) is 0 Å². The van der Waals surface area contributed by atoms with Gasteiger partial charge in [-0.3, -0.25) is 0 Å². The second-order valence-corrected chi connectivity index (χ2v) is 4.54. The highest BCUT2D eigenvalue weighted by molar-refractivity contribution is 5.14. The molecule has 0 aliphatic heterocycles. The van der Waals surface area contributed by atoms with E-state index in [4.69, 9.17) is 0 Å². The summed E-state index contributed by atoms with van der Waals surface area (Å²) in [4.78, 5) is 0. The van der Waals surface area contributed by atoms with Crippen LogP contribution in [-0.4, -0.2) is 22.0 Å². The van der Waals surface area contributed by atoms with Crippen LogP contribution in [0.3, 0.4) is 0 Å². The standard InChI is InChI=1S/C12H24N4/c1-5-6-7-8-16-12(10(2)3)11(9-13-4)14-15-16/h10,13H,5-9H2,1-4H3. The minimum absolute atomic E-state index is 0.486. The average Bonchev–Trinajstić information content (AvgIpc) is 2.62. The van der Waals surface area contributed by atoms with E-state index in [0.717, 1.165) is 18.8 Å². The van der Waals surface area contributed by atoms with Crippen molar-refractivity contribution in [3.63, 3.8) is 0 Å². The van der Waals surface area contributed by atoms with Crippen molar-refractivity contribution in [1.29, 1.82) is 0 Å². The largest absolute Gasteiger partial charge is 0.314 e. The zero-order chi connectivity index (χ0) is 12.0. The fourth-order valence-electron chi connectivity index (χ4n) is 1.96. The highest BCUT2D eigenvalue weighted by atomic mass is 15.4. The lowest BCUT2D eigenvalue weighted by atomic mass is 10.1. The van der Waals surface area contributed by atoms with E-state index < -0.39 is 0 Å². The minimum Gasteiger partial charge on any atom is -0.314 e. The lowest BCUT2D eigenvalue weighted by molar-refractivity contribution is 0.510. The summed E-state index contributed by atoms with van der Waals surface area (Å²) in [6.07, 6.45) is 3.70. The van der Waals surface area contributed by atoms with Crippen molar-refractivity contribution in [2.45, 2.75) is 59.0 Å². The Bertz CT molecular complexity index is 304. The van der Waals surface area contributed by atoms with Crippen LogP contribution in [0.15, 0.2) is 0 Å². The van der Waals surface area contributed by atoms with Crippen LogP contribution in [0, 0.1) is 0 Å². The van der Waals surface area contributed by atoms with Crippen LogP contribution < -0.4 is 5.32 Å². The predicted molar refractivity (Wildman–Crippen MR) is 66.4 cm³/mol. The van der Waals surface area contributed by atoms with Gasteiger partial charge in [0.2, 0.25) is 0 Å². The van der Waals surface area contributed by atoms with Crippen LogP contribution in [0.5, 0.6) is 0 Å². The van der Waals surface area contributed by atoms with Gasteiger partial charge in [-0.05, 0) is 19.4 Å². The Kier molecular flexibility index (Phi) is 5.46. The fraction of sp³-hybridized carbons (Fsp3) is 0.833. The Hall–Kier alpha value is -0.900. The molecule has 92 valence electrons. The van der Waals surface area contributed by atoms with Gasteiger partial charge in [0.05, 0.1) is 11.4 Å². The quantitative estimate of drug-likeness (QED) is 0.723. The molecule has 1 N–H and O–H groups in total. The summed E-state index contributed by atoms with van der Waals surface area (Å²) in [5.41, 5.74) is 2.37. The molecular weight excluding hydrogens is 200 g/mol. The highest BCUT2D eigenvalue weighted by Crippen LogP contribution is 2.18. The van der Waals surface area contributed by atoms with Crippen molar-refractivity contribution in [3.8, 4) is 0 Å². The maximum atomic E-state index is 4.26. The van der Waals surface area contributed by atoms with Crippen LogP contribution in [0.1, 0.15) is 57.3 Å². The Morgan fingerprint density at radius 2 is 2.06 bits per heavy atom. The number of unbranched alkanes of at least 4 members (excludes halogenated alkanes) is 2. The van der Waals surface area contributed by atoms with Crippen LogP contribution in [-0.2, 0) is 13.1 Å². The lowest BCUT2D eigenvalue weighted by Gasteiger charge is -2.10. The second-order valence-electron chi connectivity index (χ2n) is 4.54. The first-order valence-electron chi connectivity index (χ1n) is 6.27. The van der Waals surface area contributed by atoms with Gasteiger partial charge in [-0.2, -0.15) is 0 Å². The van der Waals surface area contributed by atoms with Gasteiger partial charge in [-0.1, -0.05) is 38.8 Å². The van der Waals surface area contributed by atoms with E-state index in [-0.39, 0.29) is 0 Å². The third-order valence-corrected chi connectivity index (χ3v) is 2.71. The van der Waals surface area contributed by atoms with E-state index in [1.165, 1.54) is 25.0 Å². The van der Waals surface area contributed by atoms with Gasteiger partial charge in [-0.25, -0.2) is 4.68 Å². The molecule has 0 saturated carbocycles. The fourth-order valence-corrected chi connectivity index (χ4v) is 1.96. The molecule has 0 spiro atoms. The molecule has 0 aliphatic rings. The number of aryl methyl sites for hydroxylation is 1. The number of rotatable bonds is 7. The molecule has 1 aromatic heterocycles. The van der Waals surface area contributed by atoms with E-state index in [1.807, 2.05) is 7.05 Å². The number of nitrogens with zero attached hydrogens (tertiary/aromatic N) is 3. The summed E-state index contributed by atoms with van der Waals surface area (Å²) in [7, 11) is 1.94. The Morgan fingerprint density at radius 3 is 2.62 bits per heavy atom. The molecule has 4 heteroatoms. The molecule has 0 bridgehead atoms. The first kappa shape index (κ1) is 13.2. The first-order valence-corrected chi connectivity index (χ1v) is 6.27. The van der Waals surface area contributed by atoms with Gasteiger partial charge in [0.25, 0.3) is 0 Å². The highest BCUT2D eigenvalue weighted by Gasteiger charge is 2.14. The average molecular weight is 224 g/mol. The first-order chi connectivity index (χ1) is 7.70. The maximum absolute atomic E-state index is 4.26. The van der Waals surface area contributed by atoms with E-state index in [0.29, 0.717) is 5.92 Å². The number of hydrogen-bond acceptors (Lipinski definition) is 3. The normalized spacial score (nSPS) is 11.3. The van der Waals surface area contributed by atoms with Gasteiger partial charge in [0.1, 0.15) is 0 Å². The van der Waals surface area contributed by atoms with Crippen LogP contribution in [0.2, 0.25) is 0 Å². The van der Waals surface area contributed by atoms with Gasteiger partial charge >= 0.3 is 0 Å². The van der Waals surface area contributed by atoms with E-state index >= 15 is 0 Å². The maximum Gasteiger partial charge on any atom is 0.0999 e. The monoisotopic (exact) mass is 224 g/mol. The molecular formula is C12H24N4. The van der Waals surface area contributed by atoms with Crippen molar-refractivity contribution in [2.75, 3.05) is 7.05 Å². The Labute approximate surface area is 98.4 Å². The predicted octanol–water partition coefficient (Wildman–Crippen LogP) is 2.31. The summed E-state index contributed by atoms with van der Waals surface area (Å²) in [5, 5.41) is 11.7. The van der Waals surface area contributed by atoms with Crippen LogP contribution in [0.25, 0.3) is 0 Å². The molecule has 0 aromatic carbocycles. The molecule has 0 fully saturated rings. The van der Waals surface area contributed by atoms with Gasteiger partial charge in [-0.15, -0.1) is 5.10 Å². The molecule has 4 nitrogen and oxygen atoms in total. The van der Waals surface area contributed by atoms with Crippen molar-refractivity contribution in [3.05, 3.63) is 11.4 Å². The second kappa shape index (κ2) is 6.63.